The van der Waals surface area contributed by atoms with Crippen molar-refractivity contribution in [1.29, 1.82) is 0 Å². The highest BCUT2D eigenvalue weighted by atomic mass is 16.2. The van der Waals surface area contributed by atoms with Crippen LogP contribution in [-0.4, -0.2) is 82.6 Å². The van der Waals surface area contributed by atoms with Crippen LogP contribution in [0.3, 0.4) is 0 Å². The average molecular weight is 611 g/mol. The lowest BCUT2D eigenvalue weighted by Gasteiger charge is -2.35. The summed E-state index contributed by atoms with van der Waals surface area (Å²) in [6.07, 6.45) is 9.01. The Morgan fingerprint density at radius 2 is 1.66 bits per heavy atom. The Labute approximate surface area is 260 Å². The van der Waals surface area contributed by atoms with Crippen molar-refractivity contribution in [3.63, 3.8) is 0 Å². The van der Waals surface area contributed by atoms with Gasteiger partial charge in [-0.15, -0.1) is 0 Å². The first-order chi connectivity index (χ1) is 21.1. The fourth-order valence-corrected chi connectivity index (χ4v) is 7.11. The summed E-state index contributed by atoms with van der Waals surface area (Å²) in [7, 11) is 0. The van der Waals surface area contributed by atoms with Gasteiger partial charge in [-0.25, -0.2) is 0 Å². The Bertz CT molecular complexity index is 1190. The molecule has 6 atom stereocenters. The number of nitrogens with zero attached hydrogens (tertiary/aromatic N) is 2. The van der Waals surface area contributed by atoms with Crippen molar-refractivity contribution >= 4 is 29.5 Å². The lowest BCUT2D eigenvalue weighted by molar-refractivity contribution is -0.148. The molecule has 11 nitrogen and oxygen atoms in total. The smallest absolute Gasteiger partial charge is 0.246 e. The summed E-state index contributed by atoms with van der Waals surface area (Å²) in [5.41, 5.74) is 13.1. The topological polar surface area (TPSA) is 168 Å². The molecule has 0 bridgehead atoms. The van der Waals surface area contributed by atoms with Crippen LogP contribution in [0.2, 0.25) is 0 Å². The molecule has 44 heavy (non-hydrogen) atoms. The predicted octanol–water partition coefficient (Wildman–Crippen LogP) is 1.68. The Morgan fingerprint density at radius 1 is 0.932 bits per heavy atom. The molecule has 0 aromatic heterocycles. The number of benzene rings is 1. The Morgan fingerprint density at radius 3 is 2.36 bits per heavy atom. The van der Waals surface area contributed by atoms with Gasteiger partial charge in [-0.2, -0.15) is 0 Å². The summed E-state index contributed by atoms with van der Waals surface area (Å²) in [6.45, 7) is 4.54. The molecule has 242 valence electrons. The van der Waals surface area contributed by atoms with Crippen LogP contribution < -0.4 is 22.1 Å². The van der Waals surface area contributed by atoms with E-state index in [0.717, 1.165) is 56.1 Å². The standard InChI is InChI=1S/C33H50N6O5/c1-21-13-15-23(16-14-21)19-25(30(35)41)37-31(42)22(2)36-32(43)27-11-8-18-38(27)33(44)28-20-24-9-5-6-10-26(24)39(28)29(40)12-4-3-7-17-34/h13-16,22,24-28H,3-12,17-20,34H2,1-2H3,(H2,35,41)(H,36,43)(H,37,42)/t22-,24+,25+,26+,27+,28+/m1/s1. The van der Waals surface area contributed by atoms with Gasteiger partial charge in [0.25, 0.3) is 0 Å². The Balaban J connectivity index is 1.38. The van der Waals surface area contributed by atoms with Gasteiger partial charge in [0.05, 0.1) is 0 Å². The van der Waals surface area contributed by atoms with Crippen LogP contribution in [-0.2, 0) is 30.4 Å². The zero-order valence-corrected chi connectivity index (χ0v) is 26.3. The molecule has 2 saturated heterocycles. The van der Waals surface area contributed by atoms with Crippen molar-refractivity contribution in [1.82, 2.24) is 20.4 Å². The summed E-state index contributed by atoms with van der Waals surface area (Å²) < 4.78 is 0. The van der Waals surface area contributed by atoms with Crippen LogP contribution in [0, 0.1) is 12.8 Å². The second kappa shape index (κ2) is 15.5. The molecular weight excluding hydrogens is 560 g/mol. The maximum Gasteiger partial charge on any atom is 0.246 e. The molecule has 0 unspecified atom stereocenters. The fourth-order valence-electron chi connectivity index (χ4n) is 7.11. The lowest BCUT2D eigenvalue weighted by Crippen LogP contribution is -2.57. The number of carbonyl (C=O) groups excluding carboxylic acids is 5. The average Bonchev–Trinajstić information content (AvgIpc) is 3.65. The maximum atomic E-state index is 14.0. The summed E-state index contributed by atoms with van der Waals surface area (Å²) in [5, 5.41) is 5.41. The number of hydrogen-bond donors (Lipinski definition) is 4. The number of nitrogens with two attached hydrogens (primary N) is 2. The van der Waals surface area contributed by atoms with Crippen LogP contribution in [0.4, 0.5) is 0 Å². The van der Waals surface area contributed by atoms with E-state index < -0.39 is 41.9 Å². The highest BCUT2D eigenvalue weighted by Crippen LogP contribution is 2.41. The monoisotopic (exact) mass is 610 g/mol. The molecule has 3 fully saturated rings. The molecule has 1 aromatic carbocycles. The number of fused-ring (bicyclic) bond motifs is 1. The SMILES string of the molecule is Cc1ccc(C[C@H](NC(=O)[C@@H](C)NC(=O)[C@@H]2CCCN2C(=O)[C@@H]2C[C@@H]3CCCC[C@@H]3N2C(=O)CCCCCN)C(N)=O)cc1. The molecule has 0 spiro atoms. The van der Waals surface area contributed by atoms with Crippen molar-refractivity contribution < 1.29 is 24.0 Å². The number of aryl methyl sites for hydroxylation is 1. The van der Waals surface area contributed by atoms with Crippen molar-refractivity contribution in [2.45, 2.75) is 121 Å². The maximum absolute atomic E-state index is 14.0. The molecule has 1 aliphatic carbocycles. The molecule has 0 radical (unpaired) electrons. The van der Waals surface area contributed by atoms with Crippen LogP contribution >= 0.6 is 0 Å². The highest BCUT2D eigenvalue weighted by molar-refractivity contribution is 5.96. The highest BCUT2D eigenvalue weighted by Gasteiger charge is 2.50. The third kappa shape index (κ3) is 8.16. The normalized spacial score (nSPS) is 24.3. The molecule has 2 heterocycles. The van der Waals surface area contributed by atoms with Gasteiger partial charge in [-0.1, -0.05) is 49.1 Å². The van der Waals surface area contributed by atoms with E-state index in [1.807, 2.05) is 36.1 Å². The van der Waals surface area contributed by atoms with Gasteiger partial charge in [0.15, 0.2) is 0 Å². The second-order valence-corrected chi connectivity index (χ2v) is 12.8. The van der Waals surface area contributed by atoms with Crippen LogP contribution in [0.15, 0.2) is 24.3 Å². The molecule has 6 N–H and O–H groups in total. The third-order valence-corrected chi connectivity index (χ3v) is 9.57. The second-order valence-electron chi connectivity index (χ2n) is 12.8. The molecular formula is C33H50N6O5. The van der Waals surface area contributed by atoms with E-state index in [2.05, 4.69) is 10.6 Å². The summed E-state index contributed by atoms with van der Waals surface area (Å²) in [5.74, 6) is -1.45. The van der Waals surface area contributed by atoms with E-state index in [0.29, 0.717) is 44.7 Å². The molecule has 5 amide bonds. The molecule has 11 heteroatoms. The van der Waals surface area contributed by atoms with Gasteiger partial charge < -0.3 is 31.9 Å². The number of carbonyl (C=O) groups is 5. The van der Waals surface area contributed by atoms with Gasteiger partial charge in [-0.3, -0.25) is 24.0 Å². The first-order valence-electron chi connectivity index (χ1n) is 16.4. The largest absolute Gasteiger partial charge is 0.368 e. The number of primary amides is 1. The van der Waals surface area contributed by atoms with Crippen LogP contribution in [0.5, 0.6) is 0 Å². The van der Waals surface area contributed by atoms with E-state index in [4.69, 9.17) is 11.5 Å². The van der Waals surface area contributed by atoms with E-state index in [1.165, 1.54) is 0 Å². The van der Waals surface area contributed by atoms with E-state index in [-0.39, 0.29) is 24.3 Å². The number of rotatable bonds is 13. The van der Waals surface area contributed by atoms with Crippen molar-refractivity contribution in [2.75, 3.05) is 13.1 Å². The number of nitrogens with one attached hydrogen (secondary N) is 2. The molecule has 1 aromatic rings. The first kappa shape index (κ1) is 33.4. The minimum Gasteiger partial charge on any atom is -0.368 e. The zero-order valence-electron chi connectivity index (χ0n) is 26.3. The van der Waals surface area contributed by atoms with E-state index in [1.54, 1.807) is 11.8 Å². The molecule has 4 rings (SSSR count). The van der Waals surface area contributed by atoms with Gasteiger partial charge >= 0.3 is 0 Å². The zero-order chi connectivity index (χ0) is 31.8. The van der Waals surface area contributed by atoms with Crippen molar-refractivity contribution in [3.8, 4) is 0 Å². The van der Waals surface area contributed by atoms with Crippen molar-refractivity contribution in [2.24, 2.45) is 17.4 Å². The summed E-state index contributed by atoms with van der Waals surface area (Å²) in [6, 6.07) is 4.53. The lowest BCUT2D eigenvalue weighted by atomic mass is 9.84. The quantitative estimate of drug-likeness (QED) is 0.248. The van der Waals surface area contributed by atoms with E-state index >= 15 is 0 Å². The summed E-state index contributed by atoms with van der Waals surface area (Å²) in [4.78, 5) is 69.5. The van der Waals surface area contributed by atoms with Gasteiger partial charge in [0, 0.05) is 25.4 Å². The molecule has 3 aliphatic rings. The Kier molecular flexibility index (Phi) is 11.8. The minimum absolute atomic E-state index is 0.0231. The third-order valence-electron chi connectivity index (χ3n) is 9.57. The van der Waals surface area contributed by atoms with Gasteiger partial charge in [0.2, 0.25) is 29.5 Å². The van der Waals surface area contributed by atoms with Crippen LogP contribution in [0.25, 0.3) is 0 Å². The van der Waals surface area contributed by atoms with E-state index in [9.17, 15) is 24.0 Å². The minimum atomic E-state index is -0.944. The first-order valence-corrected chi connectivity index (χ1v) is 16.4. The van der Waals surface area contributed by atoms with Gasteiger partial charge in [0.1, 0.15) is 24.2 Å². The number of hydrogen-bond acceptors (Lipinski definition) is 6. The van der Waals surface area contributed by atoms with Gasteiger partial charge in [-0.05, 0) is 76.8 Å². The molecule has 2 aliphatic heterocycles. The number of likely N-dealkylation sites (tertiary alicyclic amines) is 2. The fraction of sp³-hybridized carbons (Fsp3) is 0.667. The van der Waals surface area contributed by atoms with Crippen LogP contribution in [0.1, 0.15) is 88.7 Å². The predicted molar refractivity (Wildman–Crippen MR) is 167 cm³/mol. The Hall–Kier alpha value is -3.47. The number of unbranched alkanes of at least 4 members (excludes halogenated alkanes) is 2. The van der Waals surface area contributed by atoms with Crippen molar-refractivity contribution in [3.05, 3.63) is 35.4 Å². The summed E-state index contributed by atoms with van der Waals surface area (Å²) >= 11 is 0. The number of amides is 5. The molecule has 1 saturated carbocycles.